The minimum Gasteiger partial charge on any atom is -0.313 e. The number of nitrogens with one attached hydrogen (secondary N) is 1. The van der Waals surface area contributed by atoms with E-state index in [1.54, 1.807) is 0 Å². The highest BCUT2D eigenvalue weighted by atomic mass is 16.2. The van der Waals surface area contributed by atoms with Gasteiger partial charge in [-0.1, -0.05) is 30.3 Å². The lowest BCUT2D eigenvalue weighted by Crippen LogP contribution is -2.23. The molecule has 2 fully saturated rings. The Bertz CT molecular complexity index is 779. The second-order valence-electron chi connectivity index (χ2n) is 7.44. The molecule has 0 aromatic heterocycles. The van der Waals surface area contributed by atoms with E-state index in [0.29, 0.717) is 18.5 Å². The first-order chi connectivity index (χ1) is 11.8. The smallest absolute Gasteiger partial charge is 0.258 e. The molecule has 3 heteroatoms. The minimum atomic E-state index is 0.119. The summed E-state index contributed by atoms with van der Waals surface area (Å²) < 4.78 is 0. The van der Waals surface area contributed by atoms with Crippen molar-refractivity contribution in [3.63, 3.8) is 0 Å². The second-order valence-corrected chi connectivity index (χ2v) is 7.44. The molecule has 122 valence electrons. The molecule has 1 heterocycles. The van der Waals surface area contributed by atoms with Crippen LogP contribution in [0.4, 0.5) is 5.69 Å². The summed E-state index contributed by atoms with van der Waals surface area (Å²) in [7, 11) is 0. The number of rotatable bonds is 5. The van der Waals surface area contributed by atoms with Crippen molar-refractivity contribution >= 4 is 11.6 Å². The Morgan fingerprint density at radius 1 is 1.04 bits per heavy atom. The van der Waals surface area contributed by atoms with Crippen LogP contribution in [-0.2, 0) is 6.54 Å². The second kappa shape index (κ2) is 5.45. The van der Waals surface area contributed by atoms with Crippen LogP contribution in [0.15, 0.2) is 48.5 Å². The number of anilines is 1. The van der Waals surface area contributed by atoms with Gasteiger partial charge in [-0.2, -0.15) is 0 Å². The van der Waals surface area contributed by atoms with Crippen LogP contribution in [0.5, 0.6) is 0 Å². The van der Waals surface area contributed by atoms with Gasteiger partial charge < -0.3 is 10.2 Å². The number of amides is 1. The number of hydrogen-bond donors (Lipinski definition) is 1. The zero-order chi connectivity index (χ0) is 16.1. The van der Waals surface area contributed by atoms with Gasteiger partial charge in [0.25, 0.3) is 5.91 Å². The van der Waals surface area contributed by atoms with Crippen molar-refractivity contribution in [2.24, 2.45) is 5.92 Å². The molecule has 0 spiro atoms. The Morgan fingerprint density at radius 2 is 1.83 bits per heavy atom. The predicted octanol–water partition coefficient (Wildman–Crippen LogP) is 3.70. The van der Waals surface area contributed by atoms with Crippen molar-refractivity contribution in [2.75, 3.05) is 11.4 Å². The molecule has 3 aliphatic rings. The molecular weight excluding hydrogens is 296 g/mol. The van der Waals surface area contributed by atoms with E-state index in [0.717, 1.165) is 22.7 Å². The van der Waals surface area contributed by atoms with Crippen LogP contribution in [0.3, 0.4) is 0 Å². The topological polar surface area (TPSA) is 32.3 Å². The number of nitrogens with zero attached hydrogens (tertiary/aromatic N) is 1. The van der Waals surface area contributed by atoms with Gasteiger partial charge in [-0.25, -0.2) is 0 Å². The van der Waals surface area contributed by atoms with Crippen molar-refractivity contribution < 1.29 is 4.79 Å². The van der Waals surface area contributed by atoms with Gasteiger partial charge in [-0.05, 0) is 61.1 Å². The number of hydrogen-bond acceptors (Lipinski definition) is 2. The number of carbonyl (C=O) groups is 1. The lowest BCUT2D eigenvalue weighted by Gasteiger charge is -2.16. The normalized spacial score (nSPS) is 25.0. The third-order valence-electron chi connectivity index (χ3n) is 5.61. The van der Waals surface area contributed by atoms with Crippen LogP contribution < -0.4 is 10.2 Å². The van der Waals surface area contributed by atoms with Crippen molar-refractivity contribution in [3.8, 4) is 0 Å². The maximum absolute atomic E-state index is 12.6. The van der Waals surface area contributed by atoms with E-state index in [1.165, 1.54) is 31.4 Å². The average molecular weight is 318 g/mol. The lowest BCUT2D eigenvalue weighted by atomic mass is 10.1. The molecule has 1 N–H and O–H groups in total. The number of carbonyl (C=O) groups excluding carboxylic acids is 1. The molecule has 2 unspecified atom stereocenters. The van der Waals surface area contributed by atoms with Gasteiger partial charge in [-0.3, -0.25) is 4.79 Å². The molecule has 3 nitrogen and oxygen atoms in total. The van der Waals surface area contributed by atoms with Gasteiger partial charge in [0.05, 0.1) is 6.54 Å². The molecule has 0 saturated heterocycles. The SMILES string of the molecule is O=C1c2ccccc2CN1c1ccc(C2CC2NCC2CC2)cc1. The zero-order valence-corrected chi connectivity index (χ0v) is 13.7. The molecule has 0 bridgehead atoms. The molecule has 5 rings (SSSR count). The van der Waals surface area contributed by atoms with Crippen molar-refractivity contribution in [3.05, 3.63) is 65.2 Å². The van der Waals surface area contributed by atoms with E-state index in [4.69, 9.17) is 0 Å². The molecule has 2 aromatic rings. The van der Waals surface area contributed by atoms with Crippen LogP contribution in [-0.4, -0.2) is 18.5 Å². The highest BCUT2D eigenvalue weighted by molar-refractivity contribution is 6.09. The zero-order valence-electron chi connectivity index (χ0n) is 13.7. The van der Waals surface area contributed by atoms with Gasteiger partial charge >= 0.3 is 0 Å². The number of benzene rings is 2. The summed E-state index contributed by atoms with van der Waals surface area (Å²) in [4.78, 5) is 14.4. The molecule has 2 saturated carbocycles. The summed E-state index contributed by atoms with van der Waals surface area (Å²) in [6.07, 6.45) is 4.07. The maximum atomic E-state index is 12.6. The Balaban J connectivity index is 1.27. The van der Waals surface area contributed by atoms with E-state index < -0.39 is 0 Å². The lowest BCUT2D eigenvalue weighted by molar-refractivity contribution is 0.0996. The predicted molar refractivity (Wildman–Crippen MR) is 95.3 cm³/mol. The molecule has 24 heavy (non-hydrogen) atoms. The fourth-order valence-corrected chi connectivity index (χ4v) is 3.79. The van der Waals surface area contributed by atoms with Crippen molar-refractivity contribution in [1.82, 2.24) is 5.32 Å². The number of fused-ring (bicyclic) bond motifs is 1. The average Bonchev–Trinajstić information content (AvgIpc) is 3.52. The largest absolute Gasteiger partial charge is 0.313 e. The Morgan fingerprint density at radius 3 is 2.58 bits per heavy atom. The molecule has 0 radical (unpaired) electrons. The van der Waals surface area contributed by atoms with Gasteiger partial charge in [0.15, 0.2) is 0 Å². The highest BCUT2D eigenvalue weighted by Crippen LogP contribution is 2.42. The van der Waals surface area contributed by atoms with Crippen LogP contribution in [0.1, 0.15) is 46.7 Å². The maximum Gasteiger partial charge on any atom is 0.258 e. The molecule has 1 amide bonds. The fraction of sp³-hybridized carbons (Fsp3) is 0.381. The van der Waals surface area contributed by atoms with Crippen LogP contribution in [0.25, 0.3) is 0 Å². The Kier molecular flexibility index (Phi) is 3.23. The minimum absolute atomic E-state index is 0.119. The fourth-order valence-electron chi connectivity index (χ4n) is 3.79. The Hall–Kier alpha value is -2.13. The summed E-state index contributed by atoms with van der Waals surface area (Å²) in [6, 6.07) is 17.2. The summed E-state index contributed by atoms with van der Waals surface area (Å²) in [5.74, 6) is 1.72. The first-order valence-electron chi connectivity index (χ1n) is 9.03. The summed E-state index contributed by atoms with van der Waals surface area (Å²) in [6.45, 7) is 1.88. The molecular formula is C21H22N2O. The van der Waals surface area contributed by atoms with Gasteiger partial charge in [0.1, 0.15) is 0 Å². The van der Waals surface area contributed by atoms with E-state index in [2.05, 4.69) is 29.6 Å². The third kappa shape index (κ3) is 2.53. The first kappa shape index (κ1) is 14.2. The monoisotopic (exact) mass is 318 g/mol. The van der Waals surface area contributed by atoms with E-state index in [-0.39, 0.29) is 5.91 Å². The molecule has 2 aromatic carbocycles. The van der Waals surface area contributed by atoms with E-state index >= 15 is 0 Å². The van der Waals surface area contributed by atoms with Gasteiger partial charge in [0, 0.05) is 23.2 Å². The van der Waals surface area contributed by atoms with Crippen LogP contribution in [0.2, 0.25) is 0 Å². The first-order valence-corrected chi connectivity index (χ1v) is 9.03. The van der Waals surface area contributed by atoms with E-state index in [9.17, 15) is 4.79 Å². The van der Waals surface area contributed by atoms with Gasteiger partial charge in [-0.15, -0.1) is 0 Å². The van der Waals surface area contributed by atoms with Gasteiger partial charge in [0.2, 0.25) is 0 Å². The standard InChI is InChI=1S/C21H22N2O/c24-21-18-4-2-1-3-16(18)13-23(21)17-9-7-15(8-10-17)19-11-20(19)22-12-14-5-6-14/h1-4,7-10,14,19-20,22H,5-6,11-13H2. The quantitative estimate of drug-likeness (QED) is 0.911. The summed E-state index contributed by atoms with van der Waals surface area (Å²) in [5.41, 5.74) is 4.37. The summed E-state index contributed by atoms with van der Waals surface area (Å²) >= 11 is 0. The molecule has 2 aliphatic carbocycles. The van der Waals surface area contributed by atoms with Crippen molar-refractivity contribution in [2.45, 2.75) is 37.8 Å². The molecule has 2 atom stereocenters. The van der Waals surface area contributed by atoms with Crippen molar-refractivity contribution in [1.29, 1.82) is 0 Å². The highest BCUT2D eigenvalue weighted by Gasteiger charge is 2.39. The summed E-state index contributed by atoms with van der Waals surface area (Å²) in [5, 5.41) is 3.69. The van der Waals surface area contributed by atoms with E-state index in [1.807, 2.05) is 29.2 Å². The Labute approximate surface area is 142 Å². The molecule has 1 aliphatic heterocycles. The van der Waals surface area contributed by atoms with Crippen LogP contribution in [0, 0.1) is 5.92 Å². The third-order valence-corrected chi connectivity index (χ3v) is 5.61. The van der Waals surface area contributed by atoms with Crippen LogP contribution >= 0.6 is 0 Å².